The summed E-state index contributed by atoms with van der Waals surface area (Å²) in [5, 5.41) is 4.61. The Morgan fingerprint density at radius 3 is 2.35 bits per heavy atom. The normalized spacial score (nSPS) is 16.4. The van der Waals surface area contributed by atoms with E-state index in [1.165, 1.54) is 0 Å². The second-order valence-electron chi connectivity index (χ2n) is 6.26. The highest BCUT2D eigenvalue weighted by molar-refractivity contribution is 6.36. The predicted molar refractivity (Wildman–Crippen MR) is 110 cm³/mol. The highest BCUT2D eigenvalue weighted by atomic mass is 35.5. The quantitative estimate of drug-likeness (QED) is 0.784. The first kappa shape index (κ1) is 19.3. The minimum atomic E-state index is -0.254. The van der Waals surface area contributed by atoms with Crippen LogP contribution in [0, 0.1) is 0 Å². The summed E-state index contributed by atoms with van der Waals surface area (Å²) in [5.74, 6) is -0.0829. The second kappa shape index (κ2) is 8.49. The van der Waals surface area contributed by atoms with E-state index in [2.05, 4.69) is 15.1 Å². The first-order valence-corrected chi connectivity index (χ1v) is 9.58. The molecule has 1 fully saturated rings. The average molecular weight is 413 g/mol. The molecule has 0 unspecified atom stereocenters. The fourth-order valence-corrected chi connectivity index (χ4v) is 3.76. The van der Waals surface area contributed by atoms with Crippen LogP contribution in [-0.4, -0.2) is 43.0 Å². The van der Waals surface area contributed by atoms with Crippen molar-refractivity contribution in [3.05, 3.63) is 57.5 Å². The van der Waals surface area contributed by atoms with Crippen LogP contribution in [0.4, 0.5) is 11.4 Å². The number of nitrogens with zero attached hydrogens (tertiary/aromatic N) is 2. The van der Waals surface area contributed by atoms with Crippen molar-refractivity contribution in [1.29, 1.82) is 0 Å². The summed E-state index contributed by atoms with van der Waals surface area (Å²) in [4.78, 5) is 17.0. The average Bonchev–Trinajstić information content (AvgIpc) is 2.64. The van der Waals surface area contributed by atoms with Crippen molar-refractivity contribution in [3.63, 3.8) is 0 Å². The van der Waals surface area contributed by atoms with Crippen molar-refractivity contribution < 1.29 is 4.79 Å². The van der Waals surface area contributed by atoms with Crippen LogP contribution >= 0.6 is 34.8 Å². The SMILES string of the molecule is C[C@@H](C(=O)Nc1ccc(Cl)cc1Cl)N1CCN(c2ccccc2Cl)CC1. The molecule has 1 aliphatic heterocycles. The minimum absolute atomic E-state index is 0.0829. The molecule has 1 heterocycles. The highest BCUT2D eigenvalue weighted by Crippen LogP contribution is 2.27. The maximum Gasteiger partial charge on any atom is 0.241 e. The third-order valence-corrected chi connectivity index (χ3v) is 5.49. The number of amides is 1. The highest BCUT2D eigenvalue weighted by Gasteiger charge is 2.26. The fraction of sp³-hybridized carbons (Fsp3) is 0.316. The van der Waals surface area contributed by atoms with E-state index in [9.17, 15) is 4.79 Å². The molecule has 7 heteroatoms. The molecule has 1 amide bonds. The lowest BCUT2D eigenvalue weighted by molar-refractivity contribution is -0.120. The number of carbonyl (C=O) groups excluding carboxylic acids is 1. The number of piperazine rings is 1. The van der Waals surface area contributed by atoms with Gasteiger partial charge in [0.05, 0.1) is 27.5 Å². The Morgan fingerprint density at radius 1 is 1.00 bits per heavy atom. The van der Waals surface area contributed by atoms with Gasteiger partial charge in [-0.3, -0.25) is 9.69 Å². The van der Waals surface area contributed by atoms with Crippen LogP contribution in [0.2, 0.25) is 15.1 Å². The molecule has 0 saturated carbocycles. The van der Waals surface area contributed by atoms with E-state index in [1.807, 2.05) is 31.2 Å². The molecule has 0 radical (unpaired) electrons. The van der Waals surface area contributed by atoms with Crippen LogP contribution in [0.25, 0.3) is 0 Å². The maximum atomic E-state index is 12.6. The van der Waals surface area contributed by atoms with Gasteiger partial charge in [0.15, 0.2) is 0 Å². The molecule has 138 valence electrons. The minimum Gasteiger partial charge on any atom is -0.368 e. The van der Waals surface area contributed by atoms with E-state index in [0.29, 0.717) is 15.7 Å². The Hall–Kier alpha value is -1.46. The first-order chi connectivity index (χ1) is 12.5. The summed E-state index contributed by atoms with van der Waals surface area (Å²) in [7, 11) is 0. The summed E-state index contributed by atoms with van der Waals surface area (Å²) >= 11 is 18.3. The number of para-hydroxylation sites is 1. The van der Waals surface area contributed by atoms with Crippen LogP contribution in [0.1, 0.15) is 6.92 Å². The number of hydrogen-bond donors (Lipinski definition) is 1. The largest absolute Gasteiger partial charge is 0.368 e. The molecule has 3 rings (SSSR count). The topological polar surface area (TPSA) is 35.6 Å². The Kier molecular flexibility index (Phi) is 6.30. The Bertz CT molecular complexity index is 791. The van der Waals surface area contributed by atoms with Gasteiger partial charge in [-0.05, 0) is 37.3 Å². The molecule has 1 aliphatic rings. The lowest BCUT2D eigenvalue weighted by Gasteiger charge is -2.38. The van der Waals surface area contributed by atoms with Gasteiger partial charge in [0.25, 0.3) is 0 Å². The molecule has 1 atom stereocenters. The number of hydrogen-bond acceptors (Lipinski definition) is 3. The van der Waals surface area contributed by atoms with Gasteiger partial charge >= 0.3 is 0 Å². The number of rotatable bonds is 4. The summed E-state index contributed by atoms with van der Waals surface area (Å²) < 4.78 is 0. The van der Waals surface area contributed by atoms with Gasteiger partial charge in [0, 0.05) is 31.2 Å². The molecular formula is C19H20Cl3N3O. The van der Waals surface area contributed by atoms with E-state index < -0.39 is 0 Å². The van der Waals surface area contributed by atoms with Crippen molar-refractivity contribution in [1.82, 2.24) is 4.90 Å². The van der Waals surface area contributed by atoms with E-state index in [4.69, 9.17) is 34.8 Å². The van der Waals surface area contributed by atoms with E-state index >= 15 is 0 Å². The van der Waals surface area contributed by atoms with E-state index in [1.54, 1.807) is 18.2 Å². The van der Waals surface area contributed by atoms with Gasteiger partial charge in [-0.2, -0.15) is 0 Å². The van der Waals surface area contributed by atoms with Crippen molar-refractivity contribution in [2.24, 2.45) is 0 Å². The van der Waals surface area contributed by atoms with Gasteiger partial charge in [0.2, 0.25) is 5.91 Å². The number of benzene rings is 2. The molecule has 0 spiro atoms. The van der Waals surface area contributed by atoms with Gasteiger partial charge in [0.1, 0.15) is 0 Å². The van der Waals surface area contributed by atoms with E-state index in [0.717, 1.165) is 36.9 Å². The zero-order valence-corrected chi connectivity index (χ0v) is 16.7. The molecule has 0 aliphatic carbocycles. The summed E-state index contributed by atoms with van der Waals surface area (Å²) in [6.07, 6.45) is 0. The Morgan fingerprint density at radius 2 is 1.69 bits per heavy atom. The Balaban J connectivity index is 1.58. The molecular weight excluding hydrogens is 393 g/mol. The summed E-state index contributed by atoms with van der Waals surface area (Å²) in [6, 6.07) is 12.6. The lowest BCUT2D eigenvalue weighted by Crippen LogP contribution is -2.52. The number of nitrogens with one attached hydrogen (secondary N) is 1. The van der Waals surface area contributed by atoms with Crippen LogP contribution in [0.3, 0.4) is 0 Å². The summed E-state index contributed by atoms with van der Waals surface area (Å²) in [5.41, 5.74) is 1.61. The third kappa shape index (κ3) is 4.44. The monoisotopic (exact) mass is 411 g/mol. The van der Waals surface area contributed by atoms with Gasteiger partial charge in [-0.25, -0.2) is 0 Å². The van der Waals surface area contributed by atoms with Crippen LogP contribution in [-0.2, 0) is 4.79 Å². The first-order valence-electron chi connectivity index (χ1n) is 8.45. The van der Waals surface area contributed by atoms with Crippen molar-refractivity contribution in [3.8, 4) is 0 Å². The Labute approximate surface area is 168 Å². The molecule has 0 aromatic heterocycles. The van der Waals surface area contributed by atoms with Crippen LogP contribution in [0.15, 0.2) is 42.5 Å². The third-order valence-electron chi connectivity index (χ3n) is 4.62. The molecule has 1 N–H and O–H groups in total. The number of anilines is 2. The molecule has 2 aromatic carbocycles. The number of carbonyl (C=O) groups is 1. The number of halogens is 3. The van der Waals surface area contributed by atoms with Crippen LogP contribution < -0.4 is 10.2 Å². The molecule has 2 aromatic rings. The zero-order valence-electron chi connectivity index (χ0n) is 14.4. The zero-order chi connectivity index (χ0) is 18.7. The lowest BCUT2D eigenvalue weighted by atomic mass is 10.2. The van der Waals surface area contributed by atoms with Gasteiger partial charge in [-0.15, -0.1) is 0 Å². The second-order valence-corrected chi connectivity index (χ2v) is 7.51. The molecule has 4 nitrogen and oxygen atoms in total. The smallest absolute Gasteiger partial charge is 0.241 e. The van der Waals surface area contributed by atoms with Crippen LogP contribution in [0.5, 0.6) is 0 Å². The van der Waals surface area contributed by atoms with Crippen molar-refractivity contribution in [2.75, 3.05) is 36.4 Å². The van der Waals surface area contributed by atoms with Crippen molar-refractivity contribution >= 4 is 52.1 Å². The standard InChI is InChI=1S/C19H20Cl3N3O/c1-13(19(26)23-17-7-6-14(20)12-16(17)22)24-8-10-25(11-9-24)18-5-3-2-4-15(18)21/h2-7,12-13H,8-11H2,1H3,(H,23,26)/t13-/m0/s1. The maximum absolute atomic E-state index is 12.6. The molecule has 0 bridgehead atoms. The van der Waals surface area contributed by atoms with E-state index in [-0.39, 0.29) is 11.9 Å². The predicted octanol–water partition coefficient (Wildman–Crippen LogP) is 4.80. The van der Waals surface area contributed by atoms with Gasteiger partial charge in [-0.1, -0.05) is 46.9 Å². The van der Waals surface area contributed by atoms with Crippen molar-refractivity contribution in [2.45, 2.75) is 13.0 Å². The fourth-order valence-electron chi connectivity index (χ4n) is 3.05. The molecule has 26 heavy (non-hydrogen) atoms. The molecule has 1 saturated heterocycles. The summed E-state index contributed by atoms with van der Waals surface area (Å²) in [6.45, 7) is 5.12. The van der Waals surface area contributed by atoms with Gasteiger partial charge < -0.3 is 10.2 Å².